The lowest BCUT2D eigenvalue weighted by atomic mass is 9.86. The molecule has 1 fully saturated rings. The minimum atomic E-state index is -0.552. The number of aliphatic hydroxyl groups excluding tert-OH is 1. The maximum Gasteiger partial charge on any atom is 0.410 e. The molecule has 1 amide bonds. The Kier molecular flexibility index (Phi) is 5.59. The fourth-order valence-electron chi connectivity index (χ4n) is 3.12. The van der Waals surface area contributed by atoms with Crippen LogP contribution in [0.5, 0.6) is 11.5 Å². The molecule has 0 saturated carbocycles. The van der Waals surface area contributed by atoms with Crippen LogP contribution in [0.4, 0.5) is 4.79 Å². The molecule has 2 N–H and O–H groups in total. The first-order valence-electron chi connectivity index (χ1n) is 8.21. The number of hydrogen-bond donors (Lipinski definition) is 2. The Hall–Kier alpha value is -1.95. The molecule has 1 aromatic rings. The van der Waals surface area contributed by atoms with Crippen LogP contribution < -0.4 is 4.74 Å². The lowest BCUT2D eigenvalue weighted by Gasteiger charge is -2.24. The van der Waals surface area contributed by atoms with E-state index in [0.29, 0.717) is 25.3 Å². The molecule has 1 aliphatic rings. The summed E-state index contributed by atoms with van der Waals surface area (Å²) < 4.78 is 10.6. The second-order valence-electron chi connectivity index (χ2n) is 7.19. The van der Waals surface area contributed by atoms with Crippen molar-refractivity contribution in [1.82, 2.24) is 4.90 Å². The molecule has 2 atom stereocenters. The van der Waals surface area contributed by atoms with Gasteiger partial charge in [0, 0.05) is 31.7 Å². The van der Waals surface area contributed by atoms with Gasteiger partial charge in [-0.15, -0.1) is 0 Å². The van der Waals surface area contributed by atoms with Crippen LogP contribution in [0.1, 0.15) is 38.7 Å². The molecule has 0 unspecified atom stereocenters. The van der Waals surface area contributed by atoms with E-state index in [2.05, 4.69) is 0 Å². The summed E-state index contributed by atoms with van der Waals surface area (Å²) in [7, 11) is 1.54. The summed E-state index contributed by atoms with van der Waals surface area (Å²) >= 11 is 0. The lowest BCUT2D eigenvalue weighted by molar-refractivity contribution is 0.0284. The van der Waals surface area contributed by atoms with Crippen molar-refractivity contribution in [3.8, 4) is 11.5 Å². The lowest BCUT2D eigenvalue weighted by Crippen LogP contribution is -2.35. The first kappa shape index (κ1) is 18.4. The minimum Gasteiger partial charge on any atom is -0.508 e. The van der Waals surface area contributed by atoms with Crippen molar-refractivity contribution in [2.75, 3.05) is 26.8 Å². The Morgan fingerprint density at radius 3 is 2.58 bits per heavy atom. The summed E-state index contributed by atoms with van der Waals surface area (Å²) in [4.78, 5) is 14.0. The summed E-state index contributed by atoms with van der Waals surface area (Å²) in [6, 6.07) is 5.18. The molecule has 24 heavy (non-hydrogen) atoms. The molecule has 134 valence electrons. The Morgan fingerprint density at radius 2 is 2.04 bits per heavy atom. The largest absolute Gasteiger partial charge is 0.508 e. The van der Waals surface area contributed by atoms with Crippen LogP contribution in [0.3, 0.4) is 0 Å². The molecule has 1 heterocycles. The monoisotopic (exact) mass is 337 g/mol. The van der Waals surface area contributed by atoms with Crippen molar-refractivity contribution >= 4 is 6.09 Å². The van der Waals surface area contributed by atoms with Crippen LogP contribution in [-0.2, 0) is 4.74 Å². The zero-order chi connectivity index (χ0) is 17.9. The molecule has 1 saturated heterocycles. The van der Waals surface area contributed by atoms with Gasteiger partial charge in [-0.3, -0.25) is 0 Å². The zero-order valence-electron chi connectivity index (χ0n) is 14.8. The highest BCUT2D eigenvalue weighted by Gasteiger charge is 2.38. The van der Waals surface area contributed by atoms with E-state index in [1.807, 2.05) is 26.8 Å². The molecule has 1 aromatic carbocycles. The number of benzene rings is 1. The van der Waals surface area contributed by atoms with Gasteiger partial charge in [-0.1, -0.05) is 6.07 Å². The number of amides is 1. The molecule has 0 bridgehead atoms. The number of ether oxygens (including phenoxy) is 2. The Balaban J connectivity index is 2.20. The third-order valence-corrected chi connectivity index (χ3v) is 4.23. The van der Waals surface area contributed by atoms with Gasteiger partial charge in [0.2, 0.25) is 0 Å². The number of phenols is 1. The van der Waals surface area contributed by atoms with Crippen LogP contribution in [0.25, 0.3) is 0 Å². The topological polar surface area (TPSA) is 79.2 Å². The van der Waals surface area contributed by atoms with Crippen LogP contribution >= 0.6 is 0 Å². The molecular formula is C18H27NO5. The number of carbonyl (C=O) groups excluding carboxylic acids is 1. The molecule has 6 heteroatoms. The van der Waals surface area contributed by atoms with E-state index in [4.69, 9.17) is 9.47 Å². The van der Waals surface area contributed by atoms with Gasteiger partial charge < -0.3 is 24.6 Å². The Bertz CT molecular complexity index is 581. The first-order chi connectivity index (χ1) is 11.2. The van der Waals surface area contributed by atoms with Crippen LogP contribution in [0.15, 0.2) is 18.2 Å². The summed E-state index contributed by atoms with van der Waals surface area (Å²) in [6.45, 7) is 6.50. The van der Waals surface area contributed by atoms with Gasteiger partial charge in [-0.05, 0) is 44.7 Å². The van der Waals surface area contributed by atoms with Gasteiger partial charge in [0.25, 0.3) is 0 Å². The average Bonchev–Trinajstić information content (AvgIpc) is 2.90. The molecule has 0 aliphatic carbocycles. The Labute approximate surface area is 143 Å². The number of carbonyl (C=O) groups is 1. The van der Waals surface area contributed by atoms with Crippen LogP contribution in [-0.4, -0.2) is 53.6 Å². The van der Waals surface area contributed by atoms with E-state index in [0.717, 1.165) is 5.56 Å². The third kappa shape index (κ3) is 4.32. The average molecular weight is 337 g/mol. The van der Waals surface area contributed by atoms with Gasteiger partial charge >= 0.3 is 6.09 Å². The SMILES string of the molecule is COc1ccc([C@H]2CN(C(=O)OC(C)(C)C)C[C@@H]2CCO)c(O)c1. The maximum absolute atomic E-state index is 12.3. The second-order valence-corrected chi connectivity index (χ2v) is 7.19. The van der Waals surface area contributed by atoms with Crippen molar-refractivity contribution in [2.24, 2.45) is 5.92 Å². The molecule has 1 aliphatic heterocycles. The van der Waals surface area contributed by atoms with E-state index >= 15 is 0 Å². The smallest absolute Gasteiger partial charge is 0.410 e. The number of methoxy groups -OCH3 is 1. The van der Waals surface area contributed by atoms with E-state index in [9.17, 15) is 15.0 Å². The van der Waals surface area contributed by atoms with E-state index in [-0.39, 0.29) is 30.3 Å². The predicted octanol–water partition coefficient (Wildman–Crippen LogP) is 2.73. The quantitative estimate of drug-likeness (QED) is 0.883. The highest BCUT2D eigenvalue weighted by molar-refractivity contribution is 5.69. The summed E-state index contributed by atoms with van der Waals surface area (Å²) in [6.07, 6.45) is 0.205. The van der Waals surface area contributed by atoms with E-state index in [1.165, 1.54) is 0 Å². The van der Waals surface area contributed by atoms with Crippen molar-refractivity contribution in [3.63, 3.8) is 0 Å². The predicted molar refractivity (Wildman–Crippen MR) is 90.4 cm³/mol. The molecule has 2 rings (SSSR count). The van der Waals surface area contributed by atoms with E-state index < -0.39 is 5.60 Å². The van der Waals surface area contributed by atoms with Crippen molar-refractivity contribution in [1.29, 1.82) is 0 Å². The van der Waals surface area contributed by atoms with Gasteiger partial charge in [0.15, 0.2) is 0 Å². The highest BCUT2D eigenvalue weighted by atomic mass is 16.6. The van der Waals surface area contributed by atoms with Crippen LogP contribution in [0, 0.1) is 5.92 Å². The van der Waals surface area contributed by atoms with Crippen molar-refractivity contribution in [2.45, 2.75) is 38.7 Å². The van der Waals surface area contributed by atoms with Crippen molar-refractivity contribution in [3.05, 3.63) is 23.8 Å². The fraction of sp³-hybridized carbons (Fsp3) is 0.611. The van der Waals surface area contributed by atoms with Crippen LogP contribution in [0.2, 0.25) is 0 Å². The maximum atomic E-state index is 12.3. The Morgan fingerprint density at radius 1 is 1.33 bits per heavy atom. The fourth-order valence-corrected chi connectivity index (χ4v) is 3.12. The molecule has 0 radical (unpaired) electrons. The number of hydrogen-bond acceptors (Lipinski definition) is 5. The first-order valence-corrected chi connectivity index (χ1v) is 8.21. The number of rotatable bonds is 4. The van der Waals surface area contributed by atoms with Gasteiger partial charge in [0.1, 0.15) is 17.1 Å². The standard InChI is InChI=1S/C18H27NO5/c1-18(2,3)24-17(22)19-10-12(7-8-20)15(11-19)14-6-5-13(23-4)9-16(14)21/h5-6,9,12,15,20-21H,7-8,10-11H2,1-4H3/t12-,15-/m0/s1. The molecular weight excluding hydrogens is 310 g/mol. The number of phenolic OH excluding ortho intramolecular Hbond substituents is 1. The van der Waals surface area contributed by atoms with E-state index in [1.54, 1.807) is 24.1 Å². The number of likely N-dealkylation sites (tertiary alicyclic amines) is 1. The summed E-state index contributed by atoms with van der Waals surface area (Å²) in [5.41, 5.74) is 0.212. The normalized spacial score (nSPS) is 21.0. The second kappa shape index (κ2) is 7.30. The van der Waals surface area contributed by atoms with Crippen molar-refractivity contribution < 1.29 is 24.5 Å². The third-order valence-electron chi connectivity index (χ3n) is 4.23. The summed E-state index contributed by atoms with van der Waals surface area (Å²) in [5.74, 6) is 0.752. The van der Waals surface area contributed by atoms with Gasteiger partial charge in [-0.2, -0.15) is 0 Å². The van der Waals surface area contributed by atoms with Gasteiger partial charge in [-0.25, -0.2) is 4.79 Å². The highest BCUT2D eigenvalue weighted by Crippen LogP contribution is 2.40. The number of aliphatic hydroxyl groups is 1. The summed E-state index contributed by atoms with van der Waals surface area (Å²) in [5, 5.41) is 19.6. The number of aromatic hydroxyl groups is 1. The molecule has 0 spiro atoms. The number of nitrogens with zero attached hydrogens (tertiary/aromatic N) is 1. The zero-order valence-corrected chi connectivity index (χ0v) is 14.8. The van der Waals surface area contributed by atoms with Gasteiger partial charge in [0.05, 0.1) is 7.11 Å². The molecule has 6 nitrogen and oxygen atoms in total. The molecule has 0 aromatic heterocycles. The minimum absolute atomic E-state index is 0.0419.